The molecule has 1 aromatic heterocycles. The third-order valence-corrected chi connectivity index (χ3v) is 8.09. The molecular weight excluding hydrogens is 574 g/mol. The molecule has 0 aliphatic carbocycles. The molecular formula is C34H37N5O6. The Hall–Kier alpha value is -4.87. The van der Waals surface area contributed by atoms with Crippen molar-refractivity contribution >= 4 is 11.8 Å². The van der Waals surface area contributed by atoms with Gasteiger partial charge in [0.25, 0.3) is 11.8 Å². The van der Waals surface area contributed by atoms with Crippen LogP contribution in [0.25, 0.3) is 16.9 Å². The third kappa shape index (κ3) is 6.50. The zero-order valence-electron chi connectivity index (χ0n) is 25.3. The van der Waals surface area contributed by atoms with Crippen molar-refractivity contribution in [1.29, 1.82) is 0 Å². The monoisotopic (exact) mass is 611 g/mol. The van der Waals surface area contributed by atoms with Crippen LogP contribution < -0.4 is 20.5 Å². The van der Waals surface area contributed by atoms with Crippen LogP contribution in [0.1, 0.15) is 16.1 Å². The molecule has 2 saturated heterocycles. The molecule has 0 unspecified atom stereocenters. The van der Waals surface area contributed by atoms with Crippen molar-refractivity contribution in [3.05, 3.63) is 101 Å². The molecule has 2 fully saturated rings. The number of rotatable bonds is 9. The average Bonchev–Trinajstić information content (AvgIpc) is 3.39. The first-order chi connectivity index (χ1) is 22.0. The van der Waals surface area contributed by atoms with Crippen LogP contribution in [0.15, 0.2) is 83.7 Å². The first kappa shape index (κ1) is 30.2. The number of piperazine rings is 1. The summed E-state index contributed by atoms with van der Waals surface area (Å²) in [5.41, 5.74) is 2.45. The number of ether oxygens (including phenoxy) is 3. The van der Waals surface area contributed by atoms with Crippen LogP contribution >= 0.6 is 0 Å². The molecule has 4 aromatic rings. The smallest absolute Gasteiger partial charge is 0.334 e. The average molecular weight is 612 g/mol. The predicted molar refractivity (Wildman–Crippen MR) is 169 cm³/mol. The maximum Gasteiger partial charge on any atom is 0.334 e. The van der Waals surface area contributed by atoms with E-state index in [1.165, 1.54) is 4.57 Å². The zero-order valence-corrected chi connectivity index (χ0v) is 25.3. The number of hydrogen-bond acceptors (Lipinski definition) is 7. The molecule has 11 heteroatoms. The topological polar surface area (TPSA) is 107 Å². The minimum Gasteiger partial charge on any atom is -0.495 e. The van der Waals surface area contributed by atoms with E-state index in [2.05, 4.69) is 5.32 Å². The molecule has 2 aliphatic heterocycles. The Labute approximate surface area is 261 Å². The highest BCUT2D eigenvalue weighted by molar-refractivity contribution is 5.99. The number of nitrogens with one attached hydrogen (secondary N) is 1. The Balaban J connectivity index is 1.43. The maximum atomic E-state index is 14.5. The Morgan fingerprint density at radius 1 is 0.867 bits per heavy atom. The molecule has 0 spiro atoms. The zero-order chi connectivity index (χ0) is 31.2. The minimum atomic E-state index is -0.370. The molecule has 3 aromatic carbocycles. The normalized spacial score (nSPS) is 15.1. The van der Waals surface area contributed by atoms with Crippen molar-refractivity contribution in [3.63, 3.8) is 0 Å². The van der Waals surface area contributed by atoms with Gasteiger partial charge in [0.05, 0.1) is 38.2 Å². The predicted octanol–water partition coefficient (Wildman–Crippen LogP) is 2.65. The fourth-order valence-electron chi connectivity index (χ4n) is 5.79. The second-order valence-corrected chi connectivity index (χ2v) is 10.9. The van der Waals surface area contributed by atoms with E-state index >= 15 is 0 Å². The molecule has 0 saturated carbocycles. The summed E-state index contributed by atoms with van der Waals surface area (Å²) in [6.07, 6.45) is 0. The van der Waals surface area contributed by atoms with Gasteiger partial charge in [-0.15, -0.1) is 0 Å². The number of imidazole rings is 1. The highest BCUT2D eigenvalue weighted by Gasteiger charge is 2.31. The van der Waals surface area contributed by atoms with E-state index in [1.807, 2.05) is 60.7 Å². The lowest BCUT2D eigenvalue weighted by atomic mass is 10.1. The minimum absolute atomic E-state index is 0.0987. The van der Waals surface area contributed by atoms with Crippen molar-refractivity contribution in [2.75, 3.05) is 66.2 Å². The van der Waals surface area contributed by atoms with E-state index < -0.39 is 0 Å². The summed E-state index contributed by atoms with van der Waals surface area (Å²) in [5, 5.41) is 3.30. The second-order valence-electron chi connectivity index (χ2n) is 10.9. The fourth-order valence-corrected chi connectivity index (χ4v) is 5.79. The first-order valence-electron chi connectivity index (χ1n) is 15.2. The quantitative estimate of drug-likeness (QED) is 0.310. The first-order valence-corrected chi connectivity index (χ1v) is 15.2. The number of amides is 2. The van der Waals surface area contributed by atoms with Crippen molar-refractivity contribution in [3.8, 4) is 28.4 Å². The van der Waals surface area contributed by atoms with Crippen molar-refractivity contribution in [1.82, 2.24) is 24.3 Å². The number of benzene rings is 3. The molecule has 6 rings (SSSR count). The van der Waals surface area contributed by atoms with Gasteiger partial charge < -0.3 is 29.3 Å². The van der Waals surface area contributed by atoms with Crippen LogP contribution in [-0.2, 0) is 16.1 Å². The van der Waals surface area contributed by atoms with Gasteiger partial charge in [0, 0.05) is 44.8 Å². The van der Waals surface area contributed by atoms with Crippen LogP contribution in [0.2, 0.25) is 0 Å². The van der Waals surface area contributed by atoms with Crippen LogP contribution in [0.5, 0.6) is 11.5 Å². The van der Waals surface area contributed by atoms with E-state index in [-0.39, 0.29) is 30.7 Å². The number of hydrogen-bond donors (Lipinski definition) is 1. The molecule has 2 amide bonds. The van der Waals surface area contributed by atoms with Gasteiger partial charge in [0.2, 0.25) is 0 Å². The summed E-state index contributed by atoms with van der Waals surface area (Å²) in [5.74, 6) is 0.690. The van der Waals surface area contributed by atoms with Crippen LogP contribution in [-0.4, -0.2) is 96.9 Å². The van der Waals surface area contributed by atoms with Gasteiger partial charge in [0.15, 0.2) is 6.61 Å². The number of carbonyl (C=O) groups is 2. The number of nitrogens with zero attached hydrogens (tertiary/aromatic N) is 4. The molecule has 11 nitrogen and oxygen atoms in total. The van der Waals surface area contributed by atoms with Gasteiger partial charge in [-0.3, -0.25) is 18.7 Å². The summed E-state index contributed by atoms with van der Waals surface area (Å²) in [7, 11) is 1.56. The summed E-state index contributed by atoms with van der Waals surface area (Å²) in [6, 6.07) is 24.1. The number of aromatic nitrogens is 2. The molecule has 3 heterocycles. The summed E-state index contributed by atoms with van der Waals surface area (Å²) < 4.78 is 20.0. The molecule has 0 bridgehead atoms. The van der Waals surface area contributed by atoms with Crippen LogP contribution in [0.4, 0.5) is 0 Å². The van der Waals surface area contributed by atoms with Gasteiger partial charge in [-0.05, 0) is 29.8 Å². The largest absolute Gasteiger partial charge is 0.495 e. The lowest BCUT2D eigenvalue weighted by Crippen LogP contribution is -2.47. The molecule has 1 N–H and O–H groups in total. The lowest BCUT2D eigenvalue weighted by Gasteiger charge is -2.28. The van der Waals surface area contributed by atoms with Crippen LogP contribution in [0, 0.1) is 0 Å². The van der Waals surface area contributed by atoms with Crippen molar-refractivity contribution in [2.45, 2.75) is 6.54 Å². The summed E-state index contributed by atoms with van der Waals surface area (Å²) in [6.45, 7) is 4.54. The van der Waals surface area contributed by atoms with E-state index in [0.717, 1.165) is 11.1 Å². The van der Waals surface area contributed by atoms with E-state index in [0.29, 0.717) is 81.1 Å². The summed E-state index contributed by atoms with van der Waals surface area (Å²) >= 11 is 0. The van der Waals surface area contributed by atoms with Gasteiger partial charge in [-0.2, -0.15) is 0 Å². The Kier molecular flexibility index (Phi) is 9.27. The number of methoxy groups -OCH3 is 1. The standard InChI is InChI=1S/C34H37N5O6/c1-43-29-13-6-5-12-28(29)39-31(26-9-3-2-4-10-26)32(33(41)37-16-14-35-15-17-37)38(34(39)42)23-25-8-7-11-27(22-25)45-24-30(40)36-18-20-44-21-19-36/h2-13,22,35H,14-21,23-24H2,1H3. The highest BCUT2D eigenvalue weighted by atomic mass is 16.5. The Morgan fingerprint density at radius 3 is 2.36 bits per heavy atom. The maximum absolute atomic E-state index is 14.5. The molecule has 0 radical (unpaired) electrons. The van der Waals surface area contributed by atoms with Gasteiger partial charge in [-0.25, -0.2) is 4.79 Å². The van der Waals surface area contributed by atoms with Crippen LogP contribution in [0.3, 0.4) is 0 Å². The van der Waals surface area contributed by atoms with Gasteiger partial charge in [-0.1, -0.05) is 54.6 Å². The Morgan fingerprint density at radius 2 is 1.60 bits per heavy atom. The molecule has 0 atom stereocenters. The third-order valence-electron chi connectivity index (χ3n) is 8.09. The van der Waals surface area contributed by atoms with Gasteiger partial charge in [0.1, 0.15) is 17.2 Å². The number of para-hydroxylation sites is 2. The van der Waals surface area contributed by atoms with E-state index in [9.17, 15) is 14.4 Å². The molecule has 2 aliphatic rings. The van der Waals surface area contributed by atoms with Gasteiger partial charge >= 0.3 is 5.69 Å². The van der Waals surface area contributed by atoms with Crippen molar-refractivity contribution in [2.24, 2.45) is 0 Å². The summed E-state index contributed by atoms with van der Waals surface area (Å²) in [4.78, 5) is 45.1. The number of carbonyl (C=O) groups excluding carboxylic acids is 2. The Bertz CT molecular complexity index is 1700. The fraction of sp³-hybridized carbons (Fsp3) is 0.324. The van der Waals surface area contributed by atoms with Crippen molar-refractivity contribution < 1.29 is 23.8 Å². The number of morpholine rings is 1. The molecule has 234 valence electrons. The van der Waals surface area contributed by atoms with E-state index in [4.69, 9.17) is 14.2 Å². The van der Waals surface area contributed by atoms with E-state index in [1.54, 1.807) is 39.7 Å². The highest BCUT2D eigenvalue weighted by Crippen LogP contribution is 2.31. The SMILES string of the molecule is COc1ccccc1-n1c(-c2ccccc2)c(C(=O)N2CCNCC2)n(Cc2cccc(OCC(=O)N3CCOCC3)c2)c1=O. The lowest BCUT2D eigenvalue weighted by molar-refractivity contribution is -0.137. The molecule has 45 heavy (non-hydrogen) atoms. The second kappa shape index (κ2) is 13.8.